The van der Waals surface area contributed by atoms with Gasteiger partial charge < -0.3 is 28.5 Å². The molecule has 29 heavy (non-hydrogen) atoms. The second-order valence-electron chi connectivity index (χ2n) is 8.39. The lowest BCUT2D eigenvalue weighted by Gasteiger charge is -2.44. The molecule has 0 amide bonds. The summed E-state index contributed by atoms with van der Waals surface area (Å²) in [5.74, 6) is 2.99. The molecule has 2 aromatic carbocycles. The number of likely N-dealkylation sites (N-methyl/N-ethyl adjacent to an activating group) is 1. The number of aliphatic hydroxyl groups excluding tert-OH is 1. The highest BCUT2D eigenvalue weighted by Crippen LogP contribution is 2.51. The van der Waals surface area contributed by atoms with E-state index in [1.54, 1.807) is 14.2 Å². The molecule has 156 valence electrons. The number of nitrogens with zero attached hydrogens (tertiary/aromatic N) is 1. The summed E-state index contributed by atoms with van der Waals surface area (Å²) >= 11 is 0. The van der Waals surface area contributed by atoms with Gasteiger partial charge in [-0.3, -0.25) is 0 Å². The summed E-state index contributed by atoms with van der Waals surface area (Å²) in [4.78, 5) is 0. The number of fused-ring (bicyclic) bond motifs is 2. The van der Waals surface area contributed by atoms with Crippen LogP contribution >= 0.6 is 0 Å². The smallest absolute Gasteiger partial charge is 0.231 e. The van der Waals surface area contributed by atoms with Crippen LogP contribution in [0.1, 0.15) is 29.2 Å². The summed E-state index contributed by atoms with van der Waals surface area (Å²) in [6.45, 7) is 1.20. The standard InChI is InChI=1S/C23H30NO5/c1-24(2)10-9-16-12-20-22(29-14-28-20)23(27-4)21(16)18(24)13-17(25)11-15-7-5-6-8-19(15)26-3/h5-8,12,17-18,25H,9-11,13-14H2,1-4H3/q+1/t17-,18-/m1/s1. The number of aliphatic hydroxyl groups is 1. The van der Waals surface area contributed by atoms with Crippen LogP contribution in [0.2, 0.25) is 0 Å². The van der Waals surface area contributed by atoms with Gasteiger partial charge in [-0.15, -0.1) is 0 Å². The van der Waals surface area contributed by atoms with Crippen LogP contribution in [0.25, 0.3) is 0 Å². The molecular weight excluding hydrogens is 370 g/mol. The Hall–Kier alpha value is -2.44. The van der Waals surface area contributed by atoms with Gasteiger partial charge in [0.25, 0.3) is 0 Å². The zero-order chi connectivity index (χ0) is 20.6. The Morgan fingerprint density at radius 2 is 1.97 bits per heavy atom. The lowest BCUT2D eigenvalue weighted by atomic mass is 9.85. The predicted molar refractivity (Wildman–Crippen MR) is 110 cm³/mol. The molecule has 0 aromatic heterocycles. The average molecular weight is 400 g/mol. The van der Waals surface area contributed by atoms with Crippen LogP contribution in [0.3, 0.4) is 0 Å². The fraction of sp³-hybridized carbons (Fsp3) is 0.478. The Bertz CT molecular complexity index is 895. The van der Waals surface area contributed by atoms with Crippen LogP contribution in [-0.4, -0.2) is 57.3 Å². The first kappa shape index (κ1) is 19.9. The van der Waals surface area contributed by atoms with E-state index in [0.717, 1.165) is 45.8 Å². The monoisotopic (exact) mass is 400 g/mol. The summed E-state index contributed by atoms with van der Waals surface area (Å²) in [5, 5.41) is 11.0. The highest BCUT2D eigenvalue weighted by molar-refractivity contribution is 5.61. The topological polar surface area (TPSA) is 57.2 Å². The normalized spacial score (nSPS) is 20.1. The number of quaternary nitrogens is 1. The molecule has 4 rings (SSSR count). The van der Waals surface area contributed by atoms with E-state index in [2.05, 4.69) is 20.2 Å². The molecular formula is C23H30NO5+. The van der Waals surface area contributed by atoms with E-state index in [1.165, 1.54) is 5.56 Å². The molecule has 0 bridgehead atoms. The molecule has 2 aliphatic rings. The van der Waals surface area contributed by atoms with Crippen molar-refractivity contribution in [1.82, 2.24) is 0 Å². The van der Waals surface area contributed by atoms with Crippen LogP contribution in [0, 0.1) is 0 Å². The van der Waals surface area contributed by atoms with Crippen molar-refractivity contribution in [3.63, 3.8) is 0 Å². The van der Waals surface area contributed by atoms with Crippen molar-refractivity contribution >= 4 is 0 Å². The Kier molecular flexibility index (Phi) is 5.32. The fourth-order valence-electron chi connectivity index (χ4n) is 4.64. The van der Waals surface area contributed by atoms with Crippen molar-refractivity contribution in [2.75, 3.05) is 41.7 Å². The molecule has 0 radical (unpaired) electrons. The van der Waals surface area contributed by atoms with E-state index >= 15 is 0 Å². The number of hydrogen-bond donors (Lipinski definition) is 1. The molecule has 2 heterocycles. The Labute approximate surface area is 172 Å². The number of ether oxygens (including phenoxy) is 4. The molecule has 2 atom stereocenters. The van der Waals surface area contributed by atoms with Crippen LogP contribution < -0.4 is 18.9 Å². The third-order valence-corrected chi connectivity index (χ3v) is 6.23. The van der Waals surface area contributed by atoms with Crippen molar-refractivity contribution in [2.45, 2.75) is 31.4 Å². The minimum atomic E-state index is -0.505. The number of benzene rings is 2. The van der Waals surface area contributed by atoms with Gasteiger partial charge in [0.1, 0.15) is 11.8 Å². The maximum atomic E-state index is 11.0. The summed E-state index contributed by atoms with van der Waals surface area (Å²) in [5.41, 5.74) is 3.37. The maximum Gasteiger partial charge on any atom is 0.231 e. The quantitative estimate of drug-likeness (QED) is 0.755. The average Bonchev–Trinajstić information content (AvgIpc) is 3.17. The molecule has 6 nitrogen and oxygen atoms in total. The third kappa shape index (κ3) is 3.63. The predicted octanol–water partition coefficient (Wildman–Crippen LogP) is 3.10. The minimum Gasteiger partial charge on any atom is -0.496 e. The summed E-state index contributed by atoms with van der Waals surface area (Å²) < 4.78 is 23.3. The van der Waals surface area contributed by atoms with Crippen molar-refractivity contribution in [2.24, 2.45) is 0 Å². The minimum absolute atomic E-state index is 0.0907. The van der Waals surface area contributed by atoms with Gasteiger partial charge in [0.15, 0.2) is 11.5 Å². The molecule has 0 aliphatic carbocycles. The van der Waals surface area contributed by atoms with E-state index in [1.807, 2.05) is 24.3 Å². The highest BCUT2D eigenvalue weighted by Gasteiger charge is 2.42. The second-order valence-corrected chi connectivity index (χ2v) is 8.39. The Morgan fingerprint density at radius 3 is 2.72 bits per heavy atom. The van der Waals surface area contributed by atoms with Crippen LogP contribution in [-0.2, 0) is 12.8 Å². The highest BCUT2D eigenvalue weighted by atomic mass is 16.7. The molecule has 0 saturated carbocycles. The number of rotatable bonds is 6. The van der Waals surface area contributed by atoms with Gasteiger partial charge in [0.2, 0.25) is 12.5 Å². The first-order valence-corrected chi connectivity index (χ1v) is 10.1. The van der Waals surface area contributed by atoms with Crippen molar-refractivity contribution < 1.29 is 28.5 Å². The summed E-state index contributed by atoms with van der Waals surface area (Å²) in [7, 11) is 7.77. The lowest BCUT2D eigenvalue weighted by molar-refractivity contribution is -0.924. The van der Waals surface area contributed by atoms with Crippen molar-refractivity contribution in [3.8, 4) is 23.0 Å². The van der Waals surface area contributed by atoms with Crippen LogP contribution in [0.15, 0.2) is 30.3 Å². The molecule has 0 spiro atoms. The number of hydrogen-bond acceptors (Lipinski definition) is 5. The van der Waals surface area contributed by atoms with Gasteiger partial charge in [-0.25, -0.2) is 0 Å². The van der Waals surface area contributed by atoms with Crippen molar-refractivity contribution in [1.29, 1.82) is 0 Å². The van der Waals surface area contributed by atoms with E-state index in [9.17, 15) is 5.11 Å². The third-order valence-electron chi connectivity index (χ3n) is 6.23. The SMILES string of the molecule is COc1ccccc1C[C@@H](O)C[C@@H]1c2c(cc3c(c2OC)OCO3)CC[N+]1(C)C. The van der Waals surface area contributed by atoms with Gasteiger partial charge >= 0.3 is 0 Å². The van der Waals surface area contributed by atoms with Crippen LogP contribution in [0.5, 0.6) is 23.0 Å². The molecule has 0 unspecified atom stereocenters. The molecule has 0 fully saturated rings. The molecule has 2 aliphatic heterocycles. The van der Waals surface area contributed by atoms with E-state index in [4.69, 9.17) is 18.9 Å². The number of methoxy groups -OCH3 is 2. The van der Waals surface area contributed by atoms with Gasteiger partial charge in [-0.1, -0.05) is 18.2 Å². The number of para-hydroxylation sites is 1. The molecule has 6 heteroatoms. The Morgan fingerprint density at radius 1 is 1.17 bits per heavy atom. The lowest BCUT2D eigenvalue weighted by Crippen LogP contribution is -2.49. The largest absolute Gasteiger partial charge is 0.496 e. The first-order chi connectivity index (χ1) is 13.9. The van der Waals surface area contributed by atoms with E-state index < -0.39 is 6.10 Å². The molecule has 2 aromatic rings. The Balaban J connectivity index is 1.66. The second kappa shape index (κ2) is 7.76. The maximum absolute atomic E-state index is 11.0. The van der Waals surface area contributed by atoms with Gasteiger partial charge in [-0.05, 0) is 23.3 Å². The van der Waals surface area contributed by atoms with E-state index in [0.29, 0.717) is 18.6 Å². The van der Waals surface area contributed by atoms with Crippen LogP contribution in [0.4, 0.5) is 0 Å². The van der Waals surface area contributed by atoms with Gasteiger partial charge in [0, 0.05) is 19.3 Å². The summed E-state index contributed by atoms with van der Waals surface area (Å²) in [6, 6.07) is 10.0. The zero-order valence-electron chi connectivity index (χ0n) is 17.6. The summed E-state index contributed by atoms with van der Waals surface area (Å²) in [6.07, 6.45) is 1.60. The van der Waals surface area contributed by atoms with Gasteiger partial charge in [-0.2, -0.15) is 0 Å². The van der Waals surface area contributed by atoms with E-state index in [-0.39, 0.29) is 12.8 Å². The first-order valence-electron chi connectivity index (χ1n) is 10.1. The zero-order valence-corrected chi connectivity index (χ0v) is 17.6. The molecule has 1 N–H and O–H groups in total. The van der Waals surface area contributed by atoms with Gasteiger partial charge in [0.05, 0.1) is 46.5 Å². The molecule has 0 saturated heterocycles. The fourth-order valence-corrected chi connectivity index (χ4v) is 4.64. The van der Waals surface area contributed by atoms with Crippen molar-refractivity contribution in [3.05, 3.63) is 47.0 Å².